The lowest BCUT2D eigenvalue weighted by molar-refractivity contribution is -0.137. The van der Waals surface area contributed by atoms with Crippen LogP contribution < -0.4 is 10.6 Å². The Hall–Kier alpha value is -3.23. The van der Waals surface area contributed by atoms with Crippen LogP contribution in [0.25, 0.3) is 0 Å². The van der Waals surface area contributed by atoms with Crippen LogP contribution in [0.15, 0.2) is 54.9 Å². The van der Waals surface area contributed by atoms with Gasteiger partial charge in [0.2, 0.25) is 0 Å². The summed E-state index contributed by atoms with van der Waals surface area (Å²) in [5.41, 5.74) is -0.629. The van der Waals surface area contributed by atoms with Crippen molar-refractivity contribution in [3.05, 3.63) is 72.1 Å². The molecule has 4 nitrogen and oxygen atoms in total. The SMILES string of the molecule is Fc1ccc(Nc2cc(Nc3cccc(C(F)(F)F)c3)ncn2)c(F)c1. The molecule has 2 N–H and O–H groups in total. The van der Waals surface area contributed by atoms with E-state index in [-0.39, 0.29) is 23.0 Å². The Labute approximate surface area is 144 Å². The van der Waals surface area contributed by atoms with Crippen LogP contribution in [-0.2, 0) is 6.18 Å². The molecule has 3 rings (SSSR count). The molecule has 0 fully saturated rings. The molecule has 3 aromatic rings. The summed E-state index contributed by atoms with van der Waals surface area (Å²) in [6.07, 6.45) is -3.31. The fourth-order valence-electron chi connectivity index (χ4n) is 2.14. The third kappa shape index (κ3) is 4.24. The topological polar surface area (TPSA) is 49.8 Å². The van der Waals surface area contributed by atoms with Crippen LogP contribution in [0.1, 0.15) is 5.56 Å². The van der Waals surface area contributed by atoms with E-state index in [4.69, 9.17) is 0 Å². The van der Waals surface area contributed by atoms with Crippen molar-refractivity contribution in [2.45, 2.75) is 6.18 Å². The van der Waals surface area contributed by atoms with Crippen LogP contribution >= 0.6 is 0 Å². The van der Waals surface area contributed by atoms with Gasteiger partial charge in [-0.05, 0) is 30.3 Å². The lowest BCUT2D eigenvalue weighted by Gasteiger charge is -2.11. The molecule has 0 saturated carbocycles. The first-order valence-corrected chi connectivity index (χ1v) is 7.30. The van der Waals surface area contributed by atoms with Gasteiger partial charge in [-0.25, -0.2) is 18.7 Å². The van der Waals surface area contributed by atoms with Gasteiger partial charge < -0.3 is 10.6 Å². The third-order valence-electron chi connectivity index (χ3n) is 3.32. The molecule has 0 aliphatic rings. The van der Waals surface area contributed by atoms with Crippen LogP contribution in [0.4, 0.5) is 45.0 Å². The Kier molecular flexibility index (Phi) is 4.70. The highest BCUT2D eigenvalue weighted by Crippen LogP contribution is 2.31. The zero-order valence-corrected chi connectivity index (χ0v) is 13.0. The van der Waals surface area contributed by atoms with Crippen LogP contribution in [0.5, 0.6) is 0 Å². The van der Waals surface area contributed by atoms with E-state index < -0.39 is 23.4 Å². The van der Waals surface area contributed by atoms with Crippen LogP contribution in [0, 0.1) is 11.6 Å². The molecule has 0 aliphatic carbocycles. The summed E-state index contributed by atoms with van der Waals surface area (Å²) in [5, 5.41) is 5.37. The Morgan fingerprint density at radius 3 is 2.23 bits per heavy atom. The number of halogens is 5. The Morgan fingerprint density at radius 1 is 0.808 bits per heavy atom. The molecule has 0 unspecified atom stereocenters. The summed E-state index contributed by atoms with van der Waals surface area (Å²) >= 11 is 0. The number of nitrogens with one attached hydrogen (secondary N) is 2. The minimum absolute atomic E-state index is 0.00452. The zero-order valence-electron chi connectivity index (χ0n) is 13.0. The maximum absolute atomic E-state index is 13.7. The van der Waals surface area contributed by atoms with Crippen LogP contribution in [-0.4, -0.2) is 9.97 Å². The average molecular weight is 366 g/mol. The molecular weight excluding hydrogens is 355 g/mol. The average Bonchev–Trinajstić information content (AvgIpc) is 2.57. The molecule has 0 aliphatic heterocycles. The molecule has 0 atom stereocenters. The molecule has 0 spiro atoms. The first-order valence-electron chi connectivity index (χ1n) is 7.30. The van der Waals surface area contributed by atoms with E-state index in [1.807, 2.05) is 0 Å². The lowest BCUT2D eigenvalue weighted by atomic mass is 10.2. The predicted molar refractivity (Wildman–Crippen MR) is 86.4 cm³/mol. The molecule has 1 heterocycles. The van der Waals surface area contributed by atoms with E-state index in [0.29, 0.717) is 6.07 Å². The fourth-order valence-corrected chi connectivity index (χ4v) is 2.14. The number of hydrogen-bond donors (Lipinski definition) is 2. The van der Waals surface area contributed by atoms with Gasteiger partial charge in [0.1, 0.15) is 29.6 Å². The number of alkyl halides is 3. The lowest BCUT2D eigenvalue weighted by Crippen LogP contribution is -2.05. The molecule has 0 amide bonds. The Balaban J connectivity index is 1.79. The van der Waals surface area contributed by atoms with Crippen molar-refractivity contribution in [1.29, 1.82) is 0 Å². The second kappa shape index (κ2) is 6.95. The second-order valence-corrected chi connectivity index (χ2v) is 5.24. The van der Waals surface area contributed by atoms with E-state index in [1.54, 1.807) is 0 Å². The summed E-state index contributed by atoms with van der Waals surface area (Å²) in [7, 11) is 0. The number of anilines is 4. The summed E-state index contributed by atoms with van der Waals surface area (Å²) in [5.74, 6) is -1.15. The zero-order chi connectivity index (χ0) is 18.7. The van der Waals surface area contributed by atoms with Crippen molar-refractivity contribution in [2.24, 2.45) is 0 Å². The minimum Gasteiger partial charge on any atom is -0.340 e. The standard InChI is InChI=1S/C17H11F5N4/c18-11-4-5-14(13(19)7-11)26-16-8-15(23-9-24-16)25-12-3-1-2-10(6-12)17(20,21)22/h1-9H,(H2,23,24,25,26). The van der Waals surface area contributed by atoms with Crippen molar-refractivity contribution < 1.29 is 22.0 Å². The number of benzene rings is 2. The molecule has 0 saturated heterocycles. The van der Waals surface area contributed by atoms with Gasteiger partial charge in [0.15, 0.2) is 0 Å². The first-order chi connectivity index (χ1) is 12.3. The summed E-state index contributed by atoms with van der Waals surface area (Å²) in [6, 6.07) is 8.98. The maximum atomic E-state index is 13.7. The first kappa shape index (κ1) is 17.6. The van der Waals surface area contributed by atoms with Gasteiger partial charge in [-0.2, -0.15) is 13.2 Å². The predicted octanol–water partition coefficient (Wildman–Crippen LogP) is 5.26. The van der Waals surface area contributed by atoms with Gasteiger partial charge >= 0.3 is 6.18 Å². The van der Waals surface area contributed by atoms with E-state index in [9.17, 15) is 22.0 Å². The highest BCUT2D eigenvalue weighted by molar-refractivity contribution is 5.63. The van der Waals surface area contributed by atoms with Gasteiger partial charge in [-0.1, -0.05) is 6.07 Å². The quantitative estimate of drug-likeness (QED) is 0.619. The second-order valence-electron chi connectivity index (χ2n) is 5.24. The summed E-state index contributed by atoms with van der Waals surface area (Å²) < 4.78 is 64.9. The van der Waals surface area contributed by atoms with Crippen molar-refractivity contribution in [3.63, 3.8) is 0 Å². The number of nitrogens with zero attached hydrogens (tertiary/aromatic N) is 2. The normalized spacial score (nSPS) is 11.3. The molecule has 1 aromatic heterocycles. The molecule has 9 heteroatoms. The molecule has 0 radical (unpaired) electrons. The van der Waals surface area contributed by atoms with E-state index in [0.717, 1.165) is 24.5 Å². The van der Waals surface area contributed by atoms with E-state index in [2.05, 4.69) is 20.6 Å². The Morgan fingerprint density at radius 2 is 1.54 bits per heavy atom. The van der Waals surface area contributed by atoms with Gasteiger partial charge in [-0.15, -0.1) is 0 Å². The van der Waals surface area contributed by atoms with Gasteiger partial charge in [0, 0.05) is 17.8 Å². The monoisotopic (exact) mass is 366 g/mol. The molecule has 0 bridgehead atoms. The van der Waals surface area contributed by atoms with E-state index >= 15 is 0 Å². The number of rotatable bonds is 4. The molecule has 134 valence electrons. The summed E-state index contributed by atoms with van der Waals surface area (Å²) in [6.45, 7) is 0. The van der Waals surface area contributed by atoms with Gasteiger partial charge in [0.25, 0.3) is 0 Å². The minimum atomic E-state index is -4.46. The maximum Gasteiger partial charge on any atom is 0.416 e. The van der Waals surface area contributed by atoms with Crippen LogP contribution in [0.3, 0.4) is 0 Å². The van der Waals surface area contributed by atoms with Crippen molar-refractivity contribution in [3.8, 4) is 0 Å². The van der Waals surface area contributed by atoms with Crippen molar-refractivity contribution in [1.82, 2.24) is 9.97 Å². The smallest absolute Gasteiger partial charge is 0.340 e. The number of aromatic nitrogens is 2. The Bertz CT molecular complexity index is 927. The van der Waals surface area contributed by atoms with E-state index in [1.165, 1.54) is 24.3 Å². The number of hydrogen-bond acceptors (Lipinski definition) is 4. The molecule has 2 aromatic carbocycles. The molecular formula is C17H11F5N4. The third-order valence-corrected chi connectivity index (χ3v) is 3.32. The van der Waals surface area contributed by atoms with Crippen LogP contribution in [0.2, 0.25) is 0 Å². The van der Waals surface area contributed by atoms with Crippen molar-refractivity contribution in [2.75, 3.05) is 10.6 Å². The molecule has 26 heavy (non-hydrogen) atoms. The highest BCUT2D eigenvalue weighted by Gasteiger charge is 2.30. The largest absolute Gasteiger partial charge is 0.416 e. The highest BCUT2D eigenvalue weighted by atomic mass is 19.4. The van der Waals surface area contributed by atoms with Gasteiger partial charge in [0.05, 0.1) is 11.3 Å². The summed E-state index contributed by atoms with van der Waals surface area (Å²) in [4.78, 5) is 7.80. The van der Waals surface area contributed by atoms with Crippen molar-refractivity contribution >= 4 is 23.0 Å². The fraction of sp³-hybridized carbons (Fsp3) is 0.0588. The van der Waals surface area contributed by atoms with Gasteiger partial charge in [-0.3, -0.25) is 0 Å².